The maximum absolute atomic E-state index is 12.7. The molecule has 1 heterocycles. The molecule has 0 spiro atoms. The van der Waals surface area contributed by atoms with E-state index in [0.717, 1.165) is 0 Å². The molecule has 9 heteroatoms. The third kappa shape index (κ3) is 4.46. The number of hydrogen-bond donors (Lipinski definition) is 1. The predicted octanol–water partition coefficient (Wildman–Crippen LogP) is 0.469. The van der Waals surface area contributed by atoms with E-state index in [1.165, 1.54) is 21.3 Å². The number of sulfone groups is 1. The second kappa shape index (κ2) is 8.39. The van der Waals surface area contributed by atoms with Crippen molar-refractivity contribution in [2.45, 2.75) is 18.1 Å². The quantitative estimate of drug-likeness (QED) is 0.765. The molecule has 1 aromatic rings. The summed E-state index contributed by atoms with van der Waals surface area (Å²) in [5, 5.41) is 1.72. The van der Waals surface area contributed by atoms with Gasteiger partial charge < -0.3 is 19.7 Å². The molecule has 0 radical (unpaired) electrons. The molecule has 144 valence electrons. The lowest BCUT2D eigenvalue weighted by Gasteiger charge is -2.31. The molecule has 1 aromatic carbocycles. The van der Waals surface area contributed by atoms with Crippen molar-refractivity contribution in [1.29, 1.82) is 0 Å². The Labute approximate surface area is 153 Å². The summed E-state index contributed by atoms with van der Waals surface area (Å²) in [7, 11) is 0.903. The zero-order chi connectivity index (χ0) is 19.3. The molecule has 0 saturated carbocycles. The van der Waals surface area contributed by atoms with Gasteiger partial charge in [0.15, 0.2) is 21.3 Å². The van der Waals surface area contributed by atoms with Crippen molar-refractivity contribution in [2.75, 3.05) is 40.1 Å². The molecule has 0 aliphatic carbocycles. The summed E-state index contributed by atoms with van der Waals surface area (Å²) in [6, 6.07) is 4.92. The summed E-state index contributed by atoms with van der Waals surface area (Å²) in [5.74, 6) is -0.232. The van der Waals surface area contributed by atoms with Gasteiger partial charge in [-0.2, -0.15) is 0 Å². The number of likely N-dealkylation sites (tertiary alicyclic amines) is 1. The highest BCUT2D eigenvalue weighted by atomic mass is 32.2. The number of carbonyl (C=O) groups is 2. The van der Waals surface area contributed by atoms with Crippen LogP contribution in [0.1, 0.15) is 23.2 Å². The lowest BCUT2D eigenvalue weighted by Crippen LogP contribution is -2.44. The molecular weight excluding hydrogens is 360 g/mol. The summed E-state index contributed by atoms with van der Waals surface area (Å²) in [6.07, 6.45) is 0.636. The largest absolute Gasteiger partial charge is 0.493 e. The van der Waals surface area contributed by atoms with Crippen LogP contribution in [0.25, 0.3) is 0 Å². The first-order valence-electron chi connectivity index (χ1n) is 8.25. The first-order chi connectivity index (χ1) is 12.3. The fourth-order valence-electron chi connectivity index (χ4n) is 2.94. The van der Waals surface area contributed by atoms with Crippen LogP contribution in [-0.4, -0.2) is 70.5 Å². The molecule has 1 aliphatic rings. The van der Waals surface area contributed by atoms with Gasteiger partial charge in [0.05, 0.1) is 19.5 Å². The Kier molecular flexibility index (Phi) is 6.47. The van der Waals surface area contributed by atoms with E-state index in [-0.39, 0.29) is 5.91 Å². The number of amides is 2. The fourth-order valence-corrected chi connectivity index (χ4v) is 4.62. The van der Waals surface area contributed by atoms with Gasteiger partial charge in [-0.1, -0.05) is 0 Å². The minimum atomic E-state index is -3.51. The van der Waals surface area contributed by atoms with Gasteiger partial charge in [-0.25, -0.2) is 8.42 Å². The Hall–Kier alpha value is -2.29. The van der Waals surface area contributed by atoms with E-state index < -0.39 is 26.7 Å². The van der Waals surface area contributed by atoms with E-state index in [4.69, 9.17) is 9.47 Å². The number of piperidine rings is 1. The molecule has 0 unspecified atom stereocenters. The number of nitrogens with one attached hydrogen (secondary N) is 1. The van der Waals surface area contributed by atoms with Gasteiger partial charge in [0, 0.05) is 25.7 Å². The number of hydrogen-bond acceptors (Lipinski definition) is 6. The van der Waals surface area contributed by atoms with Crippen molar-refractivity contribution in [3.63, 3.8) is 0 Å². The van der Waals surface area contributed by atoms with Crippen LogP contribution in [0.5, 0.6) is 11.5 Å². The second-order valence-corrected chi connectivity index (χ2v) is 8.32. The fraction of sp³-hybridized carbons (Fsp3) is 0.529. The summed E-state index contributed by atoms with van der Waals surface area (Å²) >= 11 is 0. The second-order valence-electron chi connectivity index (χ2n) is 6.04. The number of carbonyl (C=O) groups excluding carboxylic acids is 2. The third-order valence-corrected chi connectivity index (χ3v) is 6.63. The molecule has 2 rings (SSSR count). The topological polar surface area (TPSA) is 102 Å². The molecule has 1 aliphatic heterocycles. The Morgan fingerprint density at radius 3 is 2.31 bits per heavy atom. The SMILES string of the molecule is CNC(=O)CS(=O)(=O)C1CCN(C(=O)c2ccc(OC)c(OC)c2)CC1. The van der Waals surface area contributed by atoms with Crippen LogP contribution in [0.15, 0.2) is 18.2 Å². The Morgan fingerprint density at radius 2 is 1.77 bits per heavy atom. The molecule has 8 nitrogen and oxygen atoms in total. The molecule has 0 bridgehead atoms. The van der Waals surface area contributed by atoms with Crippen LogP contribution in [0.3, 0.4) is 0 Å². The van der Waals surface area contributed by atoms with Crippen molar-refractivity contribution in [3.05, 3.63) is 23.8 Å². The number of benzene rings is 1. The van der Waals surface area contributed by atoms with Gasteiger partial charge in [-0.3, -0.25) is 9.59 Å². The first kappa shape index (κ1) is 20.0. The highest BCUT2D eigenvalue weighted by Crippen LogP contribution is 2.29. The van der Waals surface area contributed by atoms with Crippen LogP contribution in [0.4, 0.5) is 0 Å². The average Bonchev–Trinajstić information content (AvgIpc) is 2.66. The zero-order valence-electron chi connectivity index (χ0n) is 15.1. The summed E-state index contributed by atoms with van der Waals surface area (Å²) in [4.78, 5) is 25.6. The smallest absolute Gasteiger partial charge is 0.253 e. The van der Waals surface area contributed by atoms with Gasteiger partial charge in [0.2, 0.25) is 5.91 Å². The van der Waals surface area contributed by atoms with Crippen molar-refractivity contribution in [1.82, 2.24) is 10.2 Å². The molecule has 2 amide bonds. The summed E-state index contributed by atoms with van der Waals surface area (Å²) in [5.41, 5.74) is 0.453. The molecule has 1 fully saturated rings. The van der Waals surface area contributed by atoms with Gasteiger partial charge >= 0.3 is 0 Å². The zero-order valence-corrected chi connectivity index (χ0v) is 16.0. The molecule has 1 N–H and O–H groups in total. The molecule has 26 heavy (non-hydrogen) atoms. The maximum atomic E-state index is 12.7. The van der Waals surface area contributed by atoms with Gasteiger partial charge in [-0.05, 0) is 31.0 Å². The van der Waals surface area contributed by atoms with Gasteiger partial charge in [0.25, 0.3) is 5.91 Å². The van der Waals surface area contributed by atoms with E-state index in [0.29, 0.717) is 43.0 Å². The van der Waals surface area contributed by atoms with E-state index in [1.54, 1.807) is 23.1 Å². The van der Waals surface area contributed by atoms with Crippen LogP contribution >= 0.6 is 0 Å². The lowest BCUT2D eigenvalue weighted by atomic mass is 10.1. The van der Waals surface area contributed by atoms with Crippen LogP contribution < -0.4 is 14.8 Å². The van der Waals surface area contributed by atoms with Gasteiger partial charge in [0.1, 0.15) is 5.75 Å². The number of methoxy groups -OCH3 is 2. The lowest BCUT2D eigenvalue weighted by molar-refractivity contribution is -0.118. The highest BCUT2D eigenvalue weighted by molar-refractivity contribution is 7.92. The monoisotopic (exact) mass is 384 g/mol. The van der Waals surface area contributed by atoms with Crippen molar-refractivity contribution < 1.29 is 27.5 Å². The van der Waals surface area contributed by atoms with Crippen molar-refractivity contribution in [2.24, 2.45) is 0 Å². The predicted molar refractivity (Wildman–Crippen MR) is 96.3 cm³/mol. The van der Waals surface area contributed by atoms with E-state index in [2.05, 4.69) is 5.32 Å². The molecule has 0 aromatic heterocycles. The Bertz CT molecular complexity index is 769. The summed E-state index contributed by atoms with van der Waals surface area (Å²) < 4.78 is 34.9. The van der Waals surface area contributed by atoms with E-state index >= 15 is 0 Å². The van der Waals surface area contributed by atoms with Crippen LogP contribution in [0.2, 0.25) is 0 Å². The van der Waals surface area contributed by atoms with E-state index in [1.807, 2.05) is 0 Å². The number of ether oxygens (including phenoxy) is 2. The minimum absolute atomic E-state index is 0.187. The van der Waals surface area contributed by atoms with Crippen LogP contribution in [-0.2, 0) is 14.6 Å². The average molecular weight is 384 g/mol. The number of rotatable bonds is 6. The minimum Gasteiger partial charge on any atom is -0.493 e. The number of nitrogens with zero attached hydrogens (tertiary/aromatic N) is 1. The third-order valence-electron chi connectivity index (χ3n) is 4.48. The molecule has 1 saturated heterocycles. The summed E-state index contributed by atoms with van der Waals surface area (Å²) in [6.45, 7) is 0.648. The molecule has 0 atom stereocenters. The standard InChI is InChI=1S/C17H24N2O6S/c1-18-16(20)11-26(22,23)13-6-8-19(9-7-13)17(21)12-4-5-14(24-2)15(10-12)25-3/h4-5,10,13H,6-9,11H2,1-3H3,(H,18,20). The Morgan fingerprint density at radius 1 is 1.15 bits per heavy atom. The van der Waals surface area contributed by atoms with Gasteiger partial charge in [-0.15, -0.1) is 0 Å². The van der Waals surface area contributed by atoms with Crippen molar-refractivity contribution >= 4 is 21.7 Å². The Balaban J connectivity index is 2.03. The maximum Gasteiger partial charge on any atom is 0.253 e. The van der Waals surface area contributed by atoms with Crippen molar-refractivity contribution in [3.8, 4) is 11.5 Å². The highest BCUT2D eigenvalue weighted by Gasteiger charge is 2.33. The van der Waals surface area contributed by atoms with E-state index in [9.17, 15) is 18.0 Å². The normalized spacial score (nSPS) is 15.4. The molecular formula is C17H24N2O6S. The first-order valence-corrected chi connectivity index (χ1v) is 9.97. The van der Waals surface area contributed by atoms with Crippen LogP contribution in [0, 0.1) is 0 Å².